The average Bonchev–Trinajstić information content (AvgIpc) is 2.60. The predicted molar refractivity (Wildman–Crippen MR) is 91.9 cm³/mol. The number of benzene rings is 1. The zero-order valence-electron chi connectivity index (χ0n) is 13.6. The summed E-state index contributed by atoms with van der Waals surface area (Å²) in [6.07, 6.45) is 2.33. The van der Waals surface area contributed by atoms with Crippen molar-refractivity contribution in [2.45, 2.75) is 51.7 Å². The van der Waals surface area contributed by atoms with Crippen LogP contribution in [0, 0.1) is 0 Å². The van der Waals surface area contributed by atoms with E-state index in [4.69, 9.17) is 4.74 Å². The number of halogens is 1. The summed E-state index contributed by atoms with van der Waals surface area (Å²) >= 11 is 3.57. The van der Waals surface area contributed by atoms with Gasteiger partial charge >= 0.3 is 0 Å². The molecule has 1 saturated heterocycles. The van der Waals surface area contributed by atoms with E-state index < -0.39 is 0 Å². The standard InChI is InChI=1S/C17H27BrN2O/c1-5-17(3)12-20(13(2)8-9-19-17)11-14-10-15(18)6-7-16(14)21-4/h6-7,10,13,19H,5,8-9,11-12H2,1-4H3. The molecule has 2 unspecified atom stereocenters. The summed E-state index contributed by atoms with van der Waals surface area (Å²) in [5.74, 6) is 0.973. The predicted octanol–water partition coefficient (Wildman–Crippen LogP) is 3.81. The van der Waals surface area contributed by atoms with Crippen molar-refractivity contribution in [2.24, 2.45) is 0 Å². The Hall–Kier alpha value is -0.580. The smallest absolute Gasteiger partial charge is 0.123 e. The first kappa shape index (κ1) is 16.8. The van der Waals surface area contributed by atoms with E-state index in [0.29, 0.717) is 6.04 Å². The summed E-state index contributed by atoms with van der Waals surface area (Å²) in [5, 5.41) is 3.71. The quantitative estimate of drug-likeness (QED) is 0.889. The molecule has 0 radical (unpaired) electrons. The molecule has 1 N–H and O–H groups in total. The molecule has 1 aromatic carbocycles. The van der Waals surface area contributed by atoms with Crippen molar-refractivity contribution in [3.63, 3.8) is 0 Å². The third-order valence-corrected chi connectivity index (χ3v) is 5.18. The van der Waals surface area contributed by atoms with Crippen LogP contribution in [0.3, 0.4) is 0 Å². The maximum absolute atomic E-state index is 5.52. The van der Waals surface area contributed by atoms with Gasteiger partial charge in [-0.3, -0.25) is 4.90 Å². The molecule has 2 rings (SSSR count). The Morgan fingerprint density at radius 3 is 2.90 bits per heavy atom. The van der Waals surface area contributed by atoms with Gasteiger partial charge in [-0.25, -0.2) is 0 Å². The fourth-order valence-corrected chi connectivity index (χ4v) is 3.37. The molecule has 3 nitrogen and oxygen atoms in total. The van der Waals surface area contributed by atoms with Crippen molar-refractivity contribution >= 4 is 15.9 Å². The third-order valence-electron chi connectivity index (χ3n) is 4.69. The van der Waals surface area contributed by atoms with Crippen LogP contribution in [0.2, 0.25) is 0 Å². The molecule has 2 atom stereocenters. The fourth-order valence-electron chi connectivity index (χ4n) is 2.96. The van der Waals surface area contributed by atoms with Crippen LogP contribution in [0.25, 0.3) is 0 Å². The van der Waals surface area contributed by atoms with E-state index in [2.05, 4.69) is 53.0 Å². The molecule has 21 heavy (non-hydrogen) atoms. The van der Waals surface area contributed by atoms with Crippen LogP contribution in [-0.4, -0.2) is 36.7 Å². The van der Waals surface area contributed by atoms with E-state index in [0.717, 1.165) is 36.3 Å². The number of hydrogen-bond acceptors (Lipinski definition) is 3. The first-order valence-corrected chi connectivity index (χ1v) is 8.58. The second kappa shape index (κ2) is 7.12. The van der Waals surface area contributed by atoms with Crippen molar-refractivity contribution in [2.75, 3.05) is 20.2 Å². The van der Waals surface area contributed by atoms with Crippen LogP contribution in [0.5, 0.6) is 5.75 Å². The first-order chi connectivity index (χ1) is 9.97. The minimum atomic E-state index is 0.198. The summed E-state index contributed by atoms with van der Waals surface area (Å²) in [6, 6.07) is 6.83. The fraction of sp³-hybridized carbons (Fsp3) is 0.647. The van der Waals surface area contributed by atoms with Crippen molar-refractivity contribution in [3.05, 3.63) is 28.2 Å². The summed E-state index contributed by atoms with van der Waals surface area (Å²) in [7, 11) is 1.75. The van der Waals surface area contributed by atoms with Gasteiger partial charge in [0.2, 0.25) is 0 Å². The van der Waals surface area contributed by atoms with Gasteiger partial charge in [-0.2, -0.15) is 0 Å². The lowest BCUT2D eigenvalue weighted by molar-refractivity contribution is 0.162. The second-order valence-electron chi connectivity index (χ2n) is 6.34. The molecular formula is C17H27BrN2O. The Balaban J connectivity index is 2.21. The van der Waals surface area contributed by atoms with Gasteiger partial charge in [0.15, 0.2) is 0 Å². The lowest BCUT2D eigenvalue weighted by Gasteiger charge is -2.35. The highest BCUT2D eigenvalue weighted by Gasteiger charge is 2.30. The SMILES string of the molecule is CCC1(C)CN(Cc2cc(Br)ccc2OC)C(C)CCN1. The van der Waals surface area contributed by atoms with Gasteiger partial charge in [0.25, 0.3) is 0 Å². The lowest BCUT2D eigenvalue weighted by Crippen LogP contribution is -2.49. The van der Waals surface area contributed by atoms with E-state index in [1.165, 1.54) is 12.0 Å². The highest BCUT2D eigenvalue weighted by Crippen LogP contribution is 2.27. The topological polar surface area (TPSA) is 24.5 Å². The van der Waals surface area contributed by atoms with Gasteiger partial charge in [-0.05, 0) is 51.4 Å². The van der Waals surface area contributed by atoms with E-state index in [1.54, 1.807) is 7.11 Å². The molecule has 1 aromatic rings. The minimum absolute atomic E-state index is 0.198. The van der Waals surface area contributed by atoms with Crippen molar-refractivity contribution in [3.8, 4) is 5.75 Å². The van der Waals surface area contributed by atoms with Crippen molar-refractivity contribution < 1.29 is 4.74 Å². The Labute approximate surface area is 137 Å². The maximum atomic E-state index is 5.52. The van der Waals surface area contributed by atoms with E-state index in [9.17, 15) is 0 Å². The molecule has 0 amide bonds. The average molecular weight is 355 g/mol. The minimum Gasteiger partial charge on any atom is -0.496 e. The monoisotopic (exact) mass is 354 g/mol. The number of hydrogen-bond donors (Lipinski definition) is 1. The number of methoxy groups -OCH3 is 1. The van der Waals surface area contributed by atoms with E-state index in [-0.39, 0.29) is 5.54 Å². The van der Waals surface area contributed by atoms with Crippen LogP contribution in [0.1, 0.15) is 39.2 Å². The summed E-state index contributed by atoms with van der Waals surface area (Å²) in [4.78, 5) is 2.58. The number of nitrogens with one attached hydrogen (secondary N) is 1. The van der Waals surface area contributed by atoms with Gasteiger partial charge in [0, 0.05) is 34.7 Å². The van der Waals surface area contributed by atoms with Gasteiger partial charge in [-0.1, -0.05) is 22.9 Å². The van der Waals surface area contributed by atoms with Crippen LogP contribution >= 0.6 is 15.9 Å². The summed E-state index contributed by atoms with van der Waals surface area (Å²) < 4.78 is 6.63. The molecule has 1 aliphatic heterocycles. The molecule has 1 heterocycles. The third kappa shape index (κ3) is 4.21. The Kier molecular flexibility index (Phi) is 5.69. The zero-order valence-corrected chi connectivity index (χ0v) is 15.2. The lowest BCUT2D eigenvalue weighted by atomic mass is 9.98. The Bertz CT molecular complexity index is 480. The molecule has 0 spiro atoms. The summed E-state index contributed by atoms with van der Waals surface area (Å²) in [6.45, 7) is 10.0. The number of rotatable bonds is 4. The number of ether oxygens (including phenoxy) is 1. The van der Waals surface area contributed by atoms with Crippen LogP contribution in [0.4, 0.5) is 0 Å². The molecule has 4 heteroatoms. The molecular weight excluding hydrogens is 328 g/mol. The van der Waals surface area contributed by atoms with E-state index >= 15 is 0 Å². The molecule has 1 fully saturated rings. The van der Waals surface area contributed by atoms with E-state index in [1.807, 2.05) is 12.1 Å². The van der Waals surface area contributed by atoms with Gasteiger partial charge in [-0.15, -0.1) is 0 Å². The van der Waals surface area contributed by atoms with Crippen molar-refractivity contribution in [1.29, 1.82) is 0 Å². The van der Waals surface area contributed by atoms with Crippen molar-refractivity contribution in [1.82, 2.24) is 10.2 Å². The molecule has 0 bridgehead atoms. The molecule has 1 aliphatic rings. The molecule has 118 valence electrons. The van der Waals surface area contributed by atoms with Gasteiger partial charge < -0.3 is 10.1 Å². The van der Waals surface area contributed by atoms with Crippen LogP contribution in [-0.2, 0) is 6.54 Å². The normalized spacial score (nSPS) is 27.4. The second-order valence-corrected chi connectivity index (χ2v) is 7.26. The highest BCUT2D eigenvalue weighted by molar-refractivity contribution is 9.10. The Morgan fingerprint density at radius 2 is 2.24 bits per heavy atom. The highest BCUT2D eigenvalue weighted by atomic mass is 79.9. The van der Waals surface area contributed by atoms with Crippen LogP contribution in [0.15, 0.2) is 22.7 Å². The summed E-state index contributed by atoms with van der Waals surface area (Å²) in [5.41, 5.74) is 1.45. The number of nitrogens with zero attached hydrogens (tertiary/aromatic N) is 1. The maximum Gasteiger partial charge on any atom is 0.123 e. The molecule has 0 saturated carbocycles. The molecule has 0 aromatic heterocycles. The molecule has 0 aliphatic carbocycles. The van der Waals surface area contributed by atoms with Gasteiger partial charge in [0.1, 0.15) is 5.75 Å². The van der Waals surface area contributed by atoms with Gasteiger partial charge in [0.05, 0.1) is 7.11 Å². The first-order valence-electron chi connectivity index (χ1n) is 7.79. The van der Waals surface area contributed by atoms with Crippen LogP contribution < -0.4 is 10.1 Å². The zero-order chi connectivity index (χ0) is 15.5. The Morgan fingerprint density at radius 1 is 1.48 bits per heavy atom. The largest absolute Gasteiger partial charge is 0.496 e.